The highest BCUT2D eigenvalue weighted by Crippen LogP contribution is 2.35. The molecular weight excluding hydrogens is 377 g/mol. The summed E-state index contributed by atoms with van der Waals surface area (Å²) in [7, 11) is 0. The van der Waals surface area contributed by atoms with E-state index < -0.39 is 5.54 Å². The molecule has 0 saturated carbocycles. The Morgan fingerprint density at radius 1 is 1.07 bits per heavy atom. The molecule has 2 heterocycles. The first-order valence-corrected chi connectivity index (χ1v) is 11.1. The average molecular weight is 410 g/mol. The highest BCUT2D eigenvalue weighted by molar-refractivity contribution is 5.74. The van der Waals surface area contributed by atoms with Crippen LogP contribution in [0, 0.1) is 12.7 Å². The van der Waals surface area contributed by atoms with Crippen molar-refractivity contribution in [2.75, 3.05) is 31.1 Å². The van der Waals surface area contributed by atoms with Gasteiger partial charge in [0.25, 0.3) is 0 Å². The third-order valence-corrected chi connectivity index (χ3v) is 6.63. The zero-order valence-corrected chi connectivity index (χ0v) is 18.1. The molecule has 30 heavy (non-hydrogen) atoms. The van der Waals surface area contributed by atoms with E-state index in [4.69, 9.17) is 0 Å². The largest absolute Gasteiger partial charge is 0.371 e. The van der Waals surface area contributed by atoms with Crippen LogP contribution in [0.3, 0.4) is 0 Å². The first-order chi connectivity index (χ1) is 14.5. The Morgan fingerprint density at radius 3 is 2.40 bits per heavy atom. The maximum Gasteiger partial charge on any atom is 0.217 e. The van der Waals surface area contributed by atoms with E-state index in [1.807, 2.05) is 6.07 Å². The van der Waals surface area contributed by atoms with E-state index in [2.05, 4.69) is 40.2 Å². The number of aryl methyl sites for hydroxylation is 1. The number of carbonyl (C=O) groups excluding carboxylic acids is 1. The van der Waals surface area contributed by atoms with Crippen LogP contribution in [0.25, 0.3) is 0 Å². The van der Waals surface area contributed by atoms with Crippen LogP contribution in [0.4, 0.5) is 10.1 Å². The molecule has 0 aromatic heterocycles. The van der Waals surface area contributed by atoms with Crippen molar-refractivity contribution in [1.82, 2.24) is 10.2 Å². The summed E-state index contributed by atoms with van der Waals surface area (Å²) in [6.07, 6.45) is 3.98. The number of nitrogens with zero attached hydrogens (tertiary/aromatic N) is 2. The molecular formula is C25H32FN3O. The van der Waals surface area contributed by atoms with E-state index in [1.165, 1.54) is 42.6 Å². The van der Waals surface area contributed by atoms with E-state index in [1.54, 1.807) is 12.1 Å². The Balaban J connectivity index is 1.45. The molecule has 0 spiro atoms. The fraction of sp³-hybridized carbons (Fsp3) is 0.480. The highest BCUT2D eigenvalue weighted by Gasteiger charge is 2.38. The van der Waals surface area contributed by atoms with Crippen LogP contribution in [0.5, 0.6) is 0 Å². The second-order valence-electron chi connectivity index (χ2n) is 8.83. The molecule has 1 amide bonds. The molecule has 2 fully saturated rings. The monoisotopic (exact) mass is 409 g/mol. The number of hydrogen-bond acceptors (Lipinski definition) is 3. The zero-order valence-electron chi connectivity index (χ0n) is 18.1. The van der Waals surface area contributed by atoms with Gasteiger partial charge in [0.15, 0.2) is 0 Å². The number of piperidine rings is 1. The van der Waals surface area contributed by atoms with Crippen molar-refractivity contribution >= 4 is 11.6 Å². The minimum absolute atomic E-state index is 0.111. The lowest BCUT2D eigenvalue weighted by atomic mass is 9.80. The Labute approximate surface area is 179 Å². The first kappa shape index (κ1) is 20.9. The van der Waals surface area contributed by atoms with Crippen molar-refractivity contribution in [3.05, 3.63) is 65.0 Å². The molecule has 1 N–H and O–H groups in total. The van der Waals surface area contributed by atoms with Gasteiger partial charge in [-0.1, -0.05) is 30.3 Å². The summed E-state index contributed by atoms with van der Waals surface area (Å²) in [6, 6.07) is 13.6. The van der Waals surface area contributed by atoms with Gasteiger partial charge >= 0.3 is 0 Å². The van der Waals surface area contributed by atoms with Gasteiger partial charge in [-0.2, -0.15) is 0 Å². The summed E-state index contributed by atoms with van der Waals surface area (Å²) in [5.41, 5.74) is 3.99. The van der Waals surface area contributed by atoms with Gasteiger partial charge in [-0.3, -0.25) is 9.69 Å². The topological polar surface area (TPSA) is 35.6 Å². The quantitative estimate of drug-likeness (QED) is 0.797. The van der Waals surface area contributed by atoms with Crippen molar-refractivity contribution < 1.29 is 9.18 Å². The van der Waals surface area contributed by atoms with E-state index in [0.29, 0.717) is 18.4 Å². The van der Waals surface area contributed by atoms with Crippen LogP contribution >= 0.6 is 0 Å². The molecule has 160 valence electrons. The van der Waals surface area contributed by atoms with E-state index in [0.717, 1.165) is 32.7 Å². The molecule has 0 bridgehead atoms. The normalized spacial score (nSPS) is 19.1. The predicted molar refractivity (Wildman–Crippen MR) is 119 cm³/mol. The number of carbonyl (C=O) groups is 1. The number of hydrogen-bond donors (Lipinski definition) is 1. The molecule has 2 saturated heterocycles. The number of amides is 1. The molecule has 2 aliphatic rings. The van der Waals surface area contributed by atoms with Gasteiger partial charge in [0, 0.05) is 50.9 Å². The number of anilines is 1. The minimum atomic E-state index is -0.622. The summed E-state index contributed by atoms with van der Waals surface area (Å²) >= 11 is 0. The summed E-state index contributed by atoms with van der Waals surface area (Å²) in [5.74, 6) is -0.354. The van der Waals surface area contributed by atoms with Crippen LogP contribution in [0.1, 0.15) is 49.3 Å². The summed E-state index contributed by atoms with van der Waals surface area (Å²) in [4.78, 5) is 16.8. The predicted octanol–water partition coefficient (Wildman–Crippen LogP) is 4.36. The molecule has 0 aliphatic carbocycles. The number of likely N-dealkylation sites (tertiary alicyclic amines) is 1. The number of nitrogens with one attached hydrogen (secondary N) is 1. The van der Waals surface area contributed by atoms with Crippen molar-refractivity contribution in [3.8, 4) is 0 Å². The summed E-state index contributed by atoms with van der Waals surface area (Å²) < 4.78 is 14.6. The fourth-order valence-electron chi connectivity index (χ4n) is 5.13. The molecule has 4 nitrogen and oxygen atoms in total. The Hall–Kier alpha value is -2.40. The van der Waals surface area contributed by atoms with E-state index in [9.17, 15) is 9.18 Å². The molecule has 0 atom stereocenters. The van der Waals surface area contributed by atoms with Gasteiger partial charge < -0.3 is 10.2 Å². The Kier molecular flexibility index (Phi) is 6.09. The third-order valence-electron chi connectivity index (χ3n) is 6.63. The van der Waals surface area contributed by atoms with Crippen LogP contribution in [0.15, 0.2) is 42.5 Å². The van der Waals surface area contributed by atoms with Crippen molar-refractivity contribution in [1.29, 1.82) is 0 Å². The Bertz CT molecular complexity index is 899. The smallest absolute Gasteiger partial charge is 0.217 e. The molecule has 5 heteroatoms. The maximum absolute atomic E-state index is 14.6. The van der Waals surface area contributed by atoms with Crippen LogP contribution in [-0.2, 0) is 16.9 Å². The molecule has 2 aliphatic heterocycles. The average Bonchev–Trinajstić information content (AvgIpc) is 3.24. The van der Waals surface area contributed by atoms with Crippen molar-refractivity contribution in [2.24, 2.45) is 0 Å². The van der Waals surface area contributed by atoms with Gasteiger partial charge in [-0.05, 0) is 55.9 Å². The second kappa shape index (κ2) is 8.76. The molecule has 0 radical (unpaired) electrons. The summed E-state index contributed by atoms with van der Waals surface area (Å²) in [6.45, 7) is 8.56. The van der Waals surface area contributed by atoms with E-state index in [-0.39, 0.29) is 11.7 Å². The van der Waals surface area contributed by atoms with Gasteiger partial charge in [0.05, 0.1) is 5.54 Å². The Morgan fingerprint density at radius 2 is 1.77 bits per heavy atom. The van der Waals surface area contributed by atoms with Crippen molar-refractivity contribution in [3.63, 3.8) is 0 Å². The maximum atomic E-state index is 14.6. The number of halogens is 1. The lowest BCUT2D eigenvalue weighted by Crippen LogP contribution is -2.52. The lowest BCUT2D eigenvalue weighted by Gasteiger charge is -2.42. The third kappa shape index (κ3) is 4.36. The molecule has 0 unspecified atom stereocenters. The molecule has 2 aromatic carbocycles. The van der Waals surface area contributed by atoms with Crippen molar-refractivity contribution in [2.45, 2.75) is 51.6 Å². The standard InChI is InChI=1S/C25H32FN3O/c1-19-17-21(9-10-24(19)29-13-5-6-14-29)18-28-15-11-25(12-16-28,27-20(2)30)22-7-3-4-8-23(22)26/h3-4,7-10,17H,5-6,11-16,18H2,1-2H3,(H,27,30). The minimum Gasteiger partial charge on any atom is -0.371 e. The second-order valence-corrected chi connectivity index (χ2v) is 8.83. The number of rotatable bonds is 5. The van der Waals surface area contributed by atoms with Crippen LogP contribution < -0.4 is 10.2 Å². The van der Waals surface area contributed by atoms with Gasteiger partial charge in [0.2, 0.25) is 5.91 Å². The van der Waals surface area contributed by atoms with Crippen LogP contribution in [-0.4, -0.2) is 37.0 Å². The highest BCUT2D eigenvalue weighted by atomic mass is 19.1. The van der Waals surface area contributed by atoms with Gasteiger partial charge in [-0.15, -0.1) is 0 Å². The lowest BCUT2D eigenvalue weighted by molar-refractivity contribution is -0.121. The summed E-state index contributed by atoms with van der Waals surface area (Å²) in [5, 5.41) is 3.07. The SMILES string of the molecule is CC(=O)NC1(c2ccccc2F)CCN(Cc2ccc(N3CCCC3)c(C)c2)CC1. The van der Waals surface area contributed by atoms with Crippen LogP contribution in [0.2, 0.25) is 0 Å². The van der Waals surface area contributed by atoms with Gasteiger partial charge in [-0.25, -0.2) is 4.39 Å². The van der Waals surface area contributed by atoms with E-state index >= 15 is 0 Å². The molecule has 2 aromatic rings. The zero-order chi connectivity index (χ0) is 21.1. The fourth-order valence-corrected chi connectivity index (χ4v) is 5.13. The first-order valence-electron chi connectivity index (χ1n) is 11.1. The van der Waals surface area contributed by atoms with Gasteiger partial charge in [0.1, 0.15) is 5.82 Å². The number of benzene rings is 2. The molecule has 4 rings (SSSR count).